The number of nitrogens with one attached hydrogen (secondary N) is 1. The van der Waals surface area contributed by atoms with Crippen LogP contribution >= 0.6 is 0 Å². The van der Waals surface area contributed by atoms with E-state index in [1.54, 1.807) is 34.1 Å². The van der Waals surface area contributed by atoms with Gasteiger partial charge >= 0.3 is 17.8 Å². The lowest BCUT2D eigenvalue weighted by molar-refractivity contribution is -0.136. The van der Waals surface area contributed by atoms with Crippen LogP contribution in [0, 0.1) is 5.92 Å². The Morgan fingerprint density at radius 1 is 0.917 bits per heavy atom. The van der Waals surface area contributed by atoms with Gasteiger partial charge in [0.05, 0.1) is 24.3 Å². The number of fused-ring (bicyclic) bond motifs is 2. The van der Waals surface area contributed by atoms with Gasteiger partial charge in [-0.1, -0.05) is 48.5 Å². The van der Waals surface area contributed by atoms with E-state index in [2.05, 4.69) is 22.3 Å². The Labute approximate surface area is 342 Å². The van der Waals surface area contributed by atoms with E-state index < -0.39 is 22.8 Å². The highest BCUT2D eigenvalue weighted by molar-refractivity contribution is 6.05. The Morgan fingerprint density at radius 3 is 2.42 bits per heavy atom. The van der Waals surface area contributed by atoms with Gasteiger partial charge < -0.3 is 19.3 Å². The number of amides is 3. The molecule has 16 nitrogen and oxygen atoms in total. The summed E-state index contributed by atoms with van der Waals surface area (Å²) in [5.74, 6) is -1.19. The summed E-state index contributed by atoms with van der Waals surface area (Å²) in [6, 6.07) is 23.7. The van der Waals surface area contributed by atoms with E-state index in [-0.39, 0.29) is 56.3 Å². The molecule has 16 heteroatoms. The number of anilines is 2. The smallest absolute Gasteiger partial charge is 0.438 e. The van der Waals surface area contributed by atoms with Crippen molar-refractivity contribution in [1.82, 2.24) is 29.2 Å². The molecule has 4 aliphatic rings. The molecule has 3 aromatic heterocycles. The predicted molar refractivity (Wildman–Crippen MR) is 219 cm³/mol. The quantitative estimate of drug-likeness (QED) is 0.205. The van der Waals surface area contributed by atoms with Crippen molar-refractivity contribution >= 4 is 40.4 Å². The number of nitrogens with zero attached hydrogens (tertiary/aromatic N) is 7. The van der Waals surface area contributed by atoms with Crippen LogP contribution in [0.25, 0.3) is 16.6 Å². The predicted octanol–water partition coefficient (Wildman–Crippen LogP) is 4.81. The number of aromatic amines is 1. The van der Waals surface area contributed by atoms with Gasteiger partial charge in [-0.2, -0.15) is 0 Å². The van der Waals surface area contributed by atoms with Crippen LogP contribution in [0.2, 0.25) is 0 Å². The zero-order chi connectivity index (χ0) is 41.3. The molecular weight excluding hydrogens is 769 g/mol. The molecular formula is C44H42N8O8. The highest BCUT2D eigenvalue weighted by Gasteiger charge is 2.59. The molecule has 6 heterocycles. The first-order valence-corrected chi connectivity index (χ1v) is 20.3. The zero-order valence-corrected chi connectivity index (χ0v) is 32.9. The lowest BCUT2D eigenvalue weighted by atomic mass is 9.91. The molecule has 306 valence electrons. The summed E-state index contributed by atoms with van der Waals surface area (Å²) >= 11 is 0. The molecule has 3 fully saturated rings. The van der Waals surface area contributed by atoms with Gasteiger partial charge in [-0.15, -0.1) is 0 Å². The number of aromatic nitrogens is 5. The average Bonchev–Trinajstić information content (AvgIpc) is 3.58. The van der Waals surface area contributed by atoms with Crippen LogP contribution in [0.3, 0.4) is 0 Å². The van der Waals surface area contributed by atoms with Gasteiger partial charge in [0, 0.05) is 55.0 Å². The highest BCUT2D eigenvalue weighted by Crippen LogP contribution is 2.56. The number of para-hydroxylation sites is 1. The van der Waals surface area contributed by atoms with Crippen molar-refractivity contribution in [3.63, 3.8) is 0 Å². The normalized spacial score (nSPS) is 20.5. The zero-order valence-electron chi connectivity index (χ0n) is 32.9. The van der Waals surface area contributed by atoms with Gasteiger partial charge in [0.1, 0.15) is 11.2 Å². The van der Waals surface area contributed by atoms with Crippen LogP contribution in [0.4, 0.5) is 16.4 Å². The van der Waals surface area contributed by atoms with Gasteiger partial charge in [0.2, 0.25) is 5.95 Å². The van der Waals surface area contributed by atoms with Crippen LogP contribution in [0.5, 0.6) is 0 Å². The Morgan fingerprint density at radius 2 is 1.68 bits per heavy atom. The lowest BCUT2D eigenvalue weighted by Gasteiger charge is -2.31. The molecule has 2 saturated heterocycles. The summed E-state index contributed by atoms with van der Waals surface area (Å²) in [7, 11) is 0. The number of urea groups is 1. The van der Waals surface area contributed by atoms with E-state index in [9.17, 15) is 24.3 Å². The molecule has 0 unspecified atom stereocenters. The monoisotopic (exact) mass is 810 g/mol. The number of carbonyl (C=O) groups is 3. The topological polar surface area (TPSA) is 189 Å². The number of hydrogen-bond acceptors (Lipinski definition) is 9. The molecule has 10 rings (SSSR count). The van der Waals surface area contributed by atoms with Crippen LogP contribution in [0.15, 0.2) is 93.0 Å². The van der Waals surface area contributed by atoms with Crippen LogP contribution in [0.1, 0.15) is 70.8 Å². The third kappa shape index (κ3) is 6.20. The minimum absolute atomic E-state index is 0.00106. The van der Waals surface area contributed by atoms with Gasteiger partial charge in [-0.05, 0) is 91.1 Å². The third-order valence-electron chi connectivity index (χ3n) is 12.6. The SMILES string of the molecule is C[C@H]1C[C@]1(c1noc(=O)[nH]1)n1c(C(=O)N2CCc3c(nc(N4CCN(c5ccccc5)C4=O)n(-c4cccc(CC(=O)O)c4)c3=O)C2)cc2cc(C3CCOCC3)ccc21. The fourth-order valence-corrected chi connectivity index (χ4v) is 9.45. The van der Waals surface area contributed by atoms with Crippen molar-refractivity contribution in [2.75, 3.05) is 42.6 Å². The molecule has 60 heavy (non-hydrogen) atoms. The van der Waals surface area contributed by atoms with E-state index in [4.69, 9.17) is 14.2 Å². The van der Waals surface area contributed by atoms with Gasteiger partial charge in [-0.25, -0.2) is 19.1 Å². The fraction of sp³-hybridized carbons (Fsp3) is 0.341. The van der Waals surface area contributed by atoms with E-state index >= 15 is 4.79 Å². The molecule has 3 amide bonds. The molecule has 0 bridgehead atoms. The van der Waals surface area contributed by atoms with Crippen molar-refractivity contribution in [2.24, 2.45) is 5.92 Å². The van der Waals surface area contributed by atoms with Gasteiger partial charge in [0.25, 0.3) is 11.5 Å². The summed E-state index contributed by atoms with van der Waals surface area (Å²) < 4.78 is 14.0. The van der Waals surface area contributed by atoms with Crippen molar-refractivity contribution in [3.8, 4) is 5.69 Å². The summed E-state index contributed by atoms with van der Waals surface area (Å²) in [5, 5.41) is 14.5. The van der Waals surface area contributed by atoms with Crippen LogP contribution < -0.4 is 21.1 Å². The molecule has 1 aliphatic carbocycles. The van der Waals surface area contributed by atoms with Gasteiger partial charge in [0.15, 0.2) is 5.82 Å². The number of hydrogen-bond donors (Lipinski definition) is 2. The number of ether oxygens (including phenoxy) is 1. The molecule has 3 aliphatic heterocycles. The molecule has 0 spiro atoms. The molecule has 0 radical (unpaired) electrons. The number of H-pyrrole nitrogens is 1. The number of rotatable bonds is 9. The maximum Gasteiger partial charge on any atom is 0.438 e. The van der Waals surface area contributed by atoms with Crippen molar-refractivity contribution in [3.05, 3.63) is 134 Å². The van der Waals surface area contributed by atoms with E-state index in [0.717, 1.165) is 23.7 Å². The number of benzene rings is 3. The Balaban J connectivity index is 1.06. The summed E-state index contributed by atoms with van der Waals surface area (Å²) in [4.78, 5) is 80.4. The Hall–Kier alpha value is -6.81. The second-order valence-corrected chi connectivity index (χ2v) is 16.2. The standard InChI is InChI=1S/C44H42N8O8/c1-26-24-44(26,40-46-42(57)60-47-40)52-35-11-10-29(28-13-18-59-19-14-28)22-30(35)23-36(52)39(56)48-15-12-33-34(25-48)45-41(50-17-16-49(43(50)58)31-7-3-2-4-8-31)51(38(33)55)32-9-5-6-27(20-32)21-37(53)54/h2-11,20,22-23,26,28H,12-19,21,24-25H2,1H3,(H,53,54)(H,46,47,57)/t26-,44-/m0/s1. The average molecular weight is 811 g/mol. The summed E-state index contributed by atoms with van der Waals surface area (Å²) in [5.41, 5.74) is 3.52. The van der Waals surface area contributed by atoms with E-state index in [1.807, 2.05) is 54.0 Å². The number of carboxylic acids is 1. The number of aliphatic carboxylic acids is 1. The Bertz CT molecular complexity index is 2820. The molecule has 3 aromatic carbocycles. The first-order valence-electron chi connectivity index (χ1n) is 20.3. The minimum Gasteiger partial charge on any atom is -0.481 e. The number of carboxylic acid groups (broad SMARTS) is 1. The fourth-order valence-electron chi connectivity index (χ4n) is 9.45. The molecule has 6 aromatic rings. The van der Waals surface area contributed by atoms with Crippen LogP contribution in [-0.4, -0.2) is 85.0 Å². The van der Waals surface area contributed by atoms with Crippen molar-refractivity contribution in [1.29, 1.82) is 0 Å². The maximum atomic E-state index is 15.0. The second-order valence-electron chi connectivity index (χ2n) is 16.2. The summed E-state index contributed by atoms with van der Waals surface area (Å²) in [6.45, 7) is 4.22. The Kier molecular flexibility index (Phi) is 9.04. The highest BCUT2D eigenvalue weighted by atomic mass is 16.5. The molecule has 1 saturated carbocycles. The molecule has 2 N–H and O–H groups in total. The first kappa shape index (κ1) is 37.5. The minimum atomic E-state index is -1.02. The van der Waals surface area contributed by atoms with E-state index in [1.165, 1.54) is 15.0 Å². The van der Waals surface area contributed by atoms with E-state index in [0.29, 0.717) is 71.8 Å². The first-order chi connectivity index (χ1) is 29.1. The van der Waals surface area contributed by atoms with Crippen LogP contribution in [-0.2, 0) is 34.5 Å². The lowest BCUT2D eigenvalue weighted by Crippen LogP contribution is -2.43. The molecule has 2 atom stereocenters. The van der Waals surface area contributed by atoms with Crippen molar-refractivity contribution < 1.29 is 28.8 Å². The number of carbonyl (C=O) groups excluding carboxylic acids is 2. The third-order valence-corrected chi connectivity index (χ3v) is 12.6. The van der Waals surface area contributed by atoms with Gasteiger partial charge in [-0.3, -0.25) is 33.7 Å². The second kappa shape index (κ2) is 14.5. The maximum absolute atomic E-state index is 15.0. The van der Waals surface area contributed by atoms with Crippen molar-refractivity contribution in [2.45, 2.75) is 57.0 Å². The summed E-state index contributed by atoms with van der Waals surface area (Å²) in [6.07, 6.45) is 2.37. The largest absolute Gasteiger partial charge is 0.481 e.